The first kappa shape index (κ1) is 14.3. The molecule has 0 rings (SSSR count). The van der Waals surface area contributed by atoms with Crippen molar-refractivity contribution in [3.05, 3.63) is 12.2 Å². The molecule has 0 aliphatic heterocycles. The molecule has 0 amide bonds. The van der Waals surface area contributed by atoms with Crippen molar-refractivity contribution in [2.24, 2.45) is 0 Å². The molecule has 1 heteroatoms. The van der Waals surface area contributed by atoms with E-state index in [1.165, 1.54) is 55.6 Å². The SMILES string of the molecule is CC=CCCCCCCC[Se]CCC. The monoisotopic (exact) mass is 262 g/mol. The third-order valence-electron chi connectivity index (χ3n) is 2.24. The van der Waals surface area contributed by atoms with Gasteiger partial charge in [0, 0.05) is 0 Å². The van der Waals surface area contributed by atoms with Gasteiger partial charge in [0.05, 0.1) is 0 Å². The van der Waals surface area contributed by atoms with Crippen LogP contribution >= 0.6 is 0 Å². The van der Waals surface area contributed by atoms with Crippen molar-refractivity contribution in [1.29, 1.82) is 0 Å². The average Bonchev–Trinajstić information content (AvgIpc) is 2.21. The van der Waals surface area contributed by atoms with E-state index in [1.54, 1.807) is 0 Å². The van der Waals surface area contributed by atoms with Crippen molar-refractivity contribution >= 4 is 15.0 Å². The van der Waals surface area contributed by atoms with E-state index in [0.29, 0.717) is 0 Å². The van der Waals surface area contributed by atoms with Crippen LogP contribution in [0.1, 0.15) is 58.8 Å². The van der Waals surface area contributed by atoms with Gasteiger partial charge in [-0.1, -0.05) is 0 Å². The Kier molecular flexibility index (Phi) is 13.5. The van der Waals surface area contributed by atoms with Crippen LogP contribution in [0.15, 0.2) is 12.2 Å². The van der Waals surface area contributed by atoms with Crippen molar-refractivity contribution in [1.82, 2.24) is 0 Å². The number of rotatable bonds is 10. The van der Waals surface area contributed by atoms with Crippen LogP contribution in [0, 0.1) is 0 Å². The Morgan fingerprint density at radius 3 is 2.36 bits per heavy atom. The molecule has 84 valence electrons. The fourth-order valence-electron chi connectivity index (χ4n) is 1.41. The zero-order chi connectivity index (χ0) is 10.5. The van der Waals surface area contributed by atoms with Crippen molar-refractivity contribution in [3.63, 3.8) is 0 Å². The normalized spacial score (nSPS) is 11.3. The van der Waals surface area contributed by atoms with Crippen LogP contribution in [0.3, 0.4) is 0 Å². The van der Waals surface area contributed by atoms with Crippen LogP contribution in [0.4, 0.5) is 0 Å². The molecule has 0 fully saturated rings. The summed E-state index contributed by atoms with van der Waals surface area (Å²) in [4.78, 5) is 0. The number of hydrogen-bond acceptors (Lipinski definition) is 0. The molecule has 0 radical (unpaired) electrons. The van der Waals surface area contributed by atoms with Gasteiger partial charge in [0.1, 0.15) is 0 Å². The van der Waals surface area contributed by atoms with Crippen LogP contribution in [-0.4, -0.2) is 15.0 Å². The maximum absolute atomic E-state index is 2.29. The first-order valence-electron chi connectivity index (χ1n) is 6.10. The van der Waals surface area contributed by atoms with Gasteiger partial charge in [0.15, 0.2) is 0 Å². The second-order valence-electron chi connectivity index (χ2n) is 3.74. The summed E-state index contributed by atoms with van der Waals surface area (Å²) < 4.78 is 0. The summed E-state index contributed by atoms with van der Waals surface area (Å²) in [5.41, 5.74) is 0. The molecule has 0 atom stereocenters. The van der Waals surface area contributed by atoms with Gasteiger partial charge in [-0.2, -0.15) is 0 Å². The van der Waals surface area contributed by atoms with Gasteiger partial charge in [0.25, 0.3) is 0 Å². The predicted octanol–water partition coefficient (Wildman–Crippen LogP) is 4.85. The summed E-state index contributed by atoms with van der Waals surface area (Å²) in [7, 11) is 0. The van der Waals surface area contributed by atoms with Crippen LogP contribution in [0.2, 0.25) is 10.6 Å². The molecule has 0 aliphatic carbocycles. The molecule has 0 aromatic heterocycles. The van der Waals surface area contributed by atoms with Gasteiger partial charge in [0.2, 0.25) is 0 Å². The third kappa shape index (κ3) is 12.3. The molecule has 0 aromatic rings. The van der Waals surface area contributed by atoms with Gasteiger partial charge in [-0.05, 0) is 0 Å². The molecule has 0 aliphatic rings. The zero-order valence-corrected chi connectivity index (χ0v) is 11.6. The minimum atomic E-state index is 0.958. The number of unbranched alkanes of at least 4 members (excludes halogenated alkanes) is 5. The Morgan fingerprint density at radius 2 is 1.64 bits per heavy atom. The Bertz CT molecular complexity index is 118. The van der Waals surface area contributed by atoms with E-state index in [4.69, 9.17) is 0 Å². The Hall–Kier alpha value is 0.259. The molecule has 0 saturated heterocycles. The van der Waals surface area contributed by atoms with Gasteiger partial charge < -0.3 is 0 Å². The molecule has 0 saturated carbocycles. The molecule has 0 spiro atoms. The van der Waals surface area contributed by atoms with E-state index in [1.807, 2.05) is 0 Å². The molecule has 0 aromatic carbocycles. The Morgan fingerprint density at radius 1 is 0.929 bits per heavy atom. The van der Waals surface area contributed by atoms with E-state index >= 15 is 0 Å². The first-order valence-corrected chi connectivity index (χ1v) is 8.53. The Labute approximate surface area is 96.7 Å². The zero-order valence-electron chi connectivity index (χ0n) is 9.93. The van der Waals surface area contributed by atoms with E-state index in [2.05, 4.69) is 26.0 Å². The summed E-state index contributed by atoms with van der Waals surface area (Å²) in [5.74, 6) is 0. The second kappa shape index (κ2) is 13.3. The van der Waals surface area contributed by atoms with Gasteiger partial charge >= 0.3 is 96.5 Å². The van der Waals surface area contributed by atoms with Gasteiger partial charge in [-0.3, -0.25) is 0 Å². The first-order chi connectivity index (χ1) is 6.91. The molecule has 0 heterocycles. The quantitative estimate of drug-likeness (QED) is 0.299. The summed E-state index contributed by atoms with van der Waals surface area (Å²) in [6, 6.07) is 0. The van der Waals surface area contributed by atoms with Crippen LogP contribution in [-0.2, 0) is 0 Å². The van der Waals surface area contributed by atoms with Crippen molar-refractivity contribution in [2.45, 2.75) is 69.4 Å². The van der Waals surface area contributed by atoms with E-state index < -0.39 is 0 Å². The van der Waals surface area contributed by atoms with Crippen LogP contribution in [0.25, 0.3) is 0 Å². The van der Waals surface area contributed by atoms with Crippen molar-refractivity contribution in [2.75, 3.05) is 0 Å². The summed E-state index contributed by atoms with van der Waals surface area (Å²) in [5, 5.41) is 3.02. The van der Waals surface area contributed by atoms with Crippen molar-refractivity contribution in [3.8, 4) is 0 Å². The second-order valence-corrected chi connectivity index (χ2v) is 6.31. The summed E-state index contributed by atoms with van der Waals surface area (Å²) in [6.07, 6.45) is 14.4. The summed E-state index contributed by atoms with van der Waals surface area (Å²) in [6.45, 7) is 4.40. The standard InChI is InChI=1S/C13H26Se/c1-3-5-6-7-8-9-10-11-13-14-12-4-2/h3,5H,4,6-13H2,1-2H3. The van der Waals surface area contributed by atoms with Crippen LogP contribution < -0.4 is 0 Å². The van der Waals surface area contributed by atoms with Crippen molar-refractivity contribution < 1.29 is 0 Å². The molecule has 0 N–H and O–H groups in total. The molecule has 0 unspecified atom stereocenters. The third-order valence-corrected chi connectivity index (χ3v) is 4.92. The van der Waals surface area contributed by atoms with Gasteiger partial charge in [-0.15, -0.1) is 0 Å². The van der Waals surface area contributed by atoms with E-state index in [0.717, 1.165) is 15.0 Å². The Balaban J connectivity index is 2.85. The fraction of sp³-hybridized carbons (Fsp3) is 0.846. The predicted molar refractivity (Wildman–Crippen MR) is 68.2 cm³/mol. The minimum absolute atomic E-state index is 0.958. The molecule has 14 heavy (non-hydrogen) atoms. The topological polar surface area (TPSA) is 0 Å². The fourth-order valence-corrected chi connectivity index (χ4v) is 3.30. The number of allylic oxidation sites excluding steroid dienone is 2. The molecule has 0 bridgehead atoms. The molecular weight excluding hydrogens is 235 g/mol. The maximum atomic E-state index is 2.29. The average molecular weight is 261 g/mol. The van der Waals surface area contributed by atoms with E-state index in [-0.39, 0.29) is 0 Å². The number of hydrogen-bond donors (Lipinski definition) is 0. The van der Waals surface area contributed by atoms with E-state index in [9.17, 15) is 0 Å². The molecule has 0 nitrogen and oxygen atoms in total. The van der Waals surface area contributed by atoms with Crippen LogP contribution in [0.5, 0.6) is 0 Å². The van der Waals surface area contributed by atoms with Gasteiger partial charge in [-0.25, -0.2) is 0 Å². The summed E-state index contributed by atoms with van der Waals surface area (Å²) >= 11 is 0.958. The molecular formula is C13H26Se.